The van der Waals surface area contributed by atoms with E-state index in [2.05, 4.69) is 15.0 Å². The van der Waals surface area contributed by atoms with Gasteiger partial charge in [0.25, 0.3) is 5.69 Å². The molecule has 0 radical (unpaired) electrons. The van der Waals surface area contributed by atoms with Crippen LogP contribution in [0.2, 0.25) is 0 Å². The molecule has 9 heteroatoms. The summed E-state index contributed by atoms with van der Waals surface area (Å²) in [5.41, 5.74) is 5.46. The highest BCUT2D eigenvalue weighted by molar-refractivity contribution is 5.37. The Balaban J connectivity index is 2.18. The van der Waals surface area contributed by atoms with Crippen molar-refractivity contribution < 1.29 is 14.4 Å². The Morgan fingerprint density at radius 3 is 2.45 bits per heavy atom. The standard InChI is InChI=1S/C11H11N5O4/c1-2-19-10-13-9(12)14-11(15-10)20-8-5-3-7(4-6-8)16(17)18/h3-6H,2H2,1H3,(H2,12,13,14,15). The van der Waals surface area contributed by atoms with E-state index in [1.165, 1.54) is 24.3 Å². The fraction of sp³-hybridized carbons (Fsp3) is 0.182. The maximum Gasteiger partial charge on any atom is 0.330 e. The molecule has 1 aromatic heterocycles. The molecule has 0 bridgehead atoms. The SMILES string of the molecule is CCOc1nc(N)nc(Oc2ccc([N+](=O)[O-])cc2)n1. The van der Waals surface area contributed by atoms with Crippen LogP contribution in [0, 0.1) is 10.1 Å². The number of rotatable bonds is 5. The third kappa shape index (κ3) is 3.28. The number of ether oxygens (including phenoxy) is 2. The van der Waals surface area contributed by atoms with Crippen LogP contribution in [0.4, 0.5) is 11.6 Å². The Bertz CT molecular complexity index is 617. The molecule has 0 atom stereocenters. The van der Waals surface area contributed by atoms with Crippen molar-refractivity contribution in [1.82, 2.24) is 15.0 Å². The highest BCUT2D eigenvalue weighted by Gasteiger charge is 2.09. The normalized spacial score (nSPS) is 10.1. The maximum atomic E-state index is 10.5. The van der Waals surface area contributed by atoms with Crippen LogP contribution in [0.15, 0.2) is 24.3 Å². The third-order valence-corrected chi connectivity index (χ3v) is 2.14. The van der Waals surface area contributed by atoms with Crippen molar-refractivity contribution in [2.45, 2.75) is 6.92 Å². The highest BCUT2D eigenvalue weighted by Crippen LogP contribution is 2.22. The van der Waals surface area contributed by atoms with Crippen molar-refractivity contribution in [3.05, 3.63) is 34.4 Å². The predicted molar refractivity (Wildman–Crippen MR) is 68.6 cm³/mol. The molecule has 0 amide bonds. The quantitative estimate of drug-likeness (QED) is 0.644. The first kappa shape index (κ1) is 13.5. The van der Waals surface area contributed by atoms with E-state index in [0.29, 0.717) is 12.4 Å². The van der Waals surface area contributed by atoms with Gasteiger partial charge in [0, 0.05) is 12.1 Å². The van der Waals surface area contributed by atoms with Crippen LogP contribution in [0.5, 0.6) is 17.8 Å². The summed E-state index contributed by atoms with van der Waals surface area (Å²) in [4.78, 5) is 21.5. The number of non-ortho nitro benzene ring substituents is 1. The largest absolute Gasteiger partial charge is 0.464 e. The molecule has 1 aromatic carbocycles. The van der Waals surface area contributed by atoms with E-state index in [1.807, 2.05) is 0 Å². The Labute approximate surface area is 113 Å². The van der Waals surface area contributed by atoms with E-state index in [4.69, 9.17) is 15.2 Å². The van der Waals surface area contributed by atoms with Crippen molar-refractivity contribution in [2.75, 3.05) is 12.3 Å². The van der Waals surface area contributed by atoms with Crippen molar-refractivity contribution in [3.8, 4) is 17.8 Å². The average Bonchev–Trinajstić information content (AvgIpc) is 2.39. The molecule has 0 spiro atoms. The molecule has 0 unspecified atom stereocenters. The maximum absolute atomic E-state index is 10.5. The molecule has 0 saturated heterocycles. The number of nitro benzene ring substituents is 1. The molecule has 0 saturated carbocycles. The van der Waals surface area contributed by atoms with E-state index in [1.54, 1.807) is 6.92 Å². The summed E-state index contributed by atoms with van der Waals surface area (Å²) in [7, 11) is 0. The lowest BCUT2D eigenvalue weighted by Gasteiger charge is -2.06. The van der Waals surface area contributed by atoms with Crippen molar-refractivity contribution >= 4 is 11.6 Å². The van der Waals surface area contributed by atoms with E-state index < -0.39 is 4.92 Å². The number of nitrogen functional groups attached to an aromatic ring is 1. The van der Waals surface area contributed by atoms with Crippen molar-refractivity contribution in [2.24, 2.45) is 0 Å². The van der Waals surface area contributed by atoms with Crippen LogP contribution in [0.25, 0.3) is 0 Å². The number of nitrogens with two attached hydrogens (primary N) is 1. The first-order chi connectivity index (χ1) is 9.58. The number of nitrogens with zero attached hydrogens (tertiary/aromatic N) is 4. The smallest absolute Gasteiger partial charge is 0.330 e. The van der Waals surface area contributed by atoms with Gasteiger partial charge in [-0.15, -0.1) is 4.98 Å². The lowest BCUT2D eigenvalue weighted by atomic mass is 10.3. The van der Waals surface area contributed by atoms with Gasteiger partial charge in [0.2, 0.25) is 5.95 Å². The van der Waals surface area contributed by atoms with Gasteiger partial charge in [-0.2, -0.15) is 9.97 Å². The molecular formula is C11H11N5O4. The molecule has 0 aliphatic rings. The number of benzene rings is 1. The number of hydrogen-bond acceptors (Lipinski definition) is 8. The van der Waals surface area contributed by atoms with Crippen LogP contribution in [0.1, 0.15) is 6.92 Å². The molecule has 2 N–H and O–H groups in total. The van der Waals surface area contributed by atoms with E-state index in [-0.39, 0.29) is 23.7 Å². The van der Waals surface area contributed by atoms with Gasteiger partial charge in [-0.1, -0.05) is 0 Å². The average molecular weight is 277 g/mol. The number of anilines is 1. The third-order valence-electron chi connectivity index (χ3n) is 2.14. The molecule has 20 heavy (non-hydrogen) atoms. The van der Waals surface area contributed by atoms with E-state index in [0.717, 1.165) is 0 Å². The van der Waals surface area contributed by atoms with Crippen LogP contribution < -0.4 is 15.2 Å². The van der Waals surface area contributed by atoms with E-state index >= 15 is 0 Å². The van der Waals surface area contributed by atoms with Crippen molar-refractivity contribution in [3.63, 3.8) is 0 Å². The van der Waals surface area contributed by atoms with Crippen molar-refractivity contribution in [1.29, 1.82) is 0 Å². The fourth-order valence-corrected chi connectivity index (χ4v) is 1.33. The Hall–Kier alpha value is -2.97. The summed E-state index contributed by atoms with van der Waals surface area (Å²) in [6.45, 7) is 2.15. The molecule has 0 aliphatic heterocycles. The summed E-state index contributed by atoms with van der Waals surface area (Å²) >= 11 is 0. The van der Waals surface area contributed by atoms with Gasteiger partial charge in [0.1, 0.15) is 5.75 Å². The minimum atomic E-state index is -0.502. The Morgan fingerprint density at radius 2 is 1.85 bits per heavy atom. The highest BCUT2D eigenvalue weighted by atomic mass is 16.6. The second kappa shape index (κ2) is 5.78. The van der Waals surface area contributed by atoms with Gasteiger partial charge in [-0.3, -0.25) is 10.1 Å². The van der Waals surface area contributed by atoms with Gasteiger partial charge in [0.15, 0.2) is 0 Å². The minimum Gasteiger partial charge on any atom is -0.464 e. The molecule has 1 heterocycles. The van der Waals surface area contributed by atoms with Crippen LogP contribution in [0.3, 0.4) is 0 Å². The molecule has 2 aromatic rings. The lowest BCUT2D eigenvalue weighted by molar-refractivity contribution is -0.384. The summed E-state index contributed by atoms with van der Waals surface area (Å²) in [6.07, 6.45) is 0. The number of nitro groups is 1. The lowest BCUT2D eigenvalue weighted by Crippen LogP contribution is -2.04. The Kier molecular flexibility index (Phi) is 3.89. The van der Waals surface area contributed by atoms with Gasteiger partial charge < -0.3 is 15.2 Å². The summed E-state index contributed by atoms with van der Waals surface area (Å²) < 4.78 is 10.4. The fourth-order valence-electron chi connectivity index (χ4n) is 1.33. The minimum absolute atomic E-state index is 0.0393. The molecule has 104 valence electrons. The first-order valence-corrected chi connectivity index (χ1v) is 5.65. The molecular weight excluding hydrogens is 266 g/mol. The summed E-state index contributed by atoms with van der Waals surface area (Å²) in [6, 6.07) is 5.48. The number of aromatic nitrogens is 3. The number of hydrogen-bond donors (Lipinski definition) is 1. The Morgan fingerprint density at radius 1 is 1.20 bits per heavy atom. The van der Waals surface area contributed by atoms with Crippen LogP contribution in [-0.2, 0) is 0 Å². The zero-order valence-corrected chi connectivity index (χ0v) is 10.5. The summed E-state index contributed by atoms with van der Waals surface area (Å²) in [5.74, 6) is 0.295. The second-order valence-electron chi connectivity index (χ2n) is 3.54. The zero-order chi connectivity index (χ0) is 14.5. The van der Waals surface area contributed by atoms with Gasteiger partial charge in [0.05, 0.1) is 11.5 Å². The van der Waals surface area contributed by atoms with Crippen LogP contribution in [-0.4, -0.2) is 26.5 Å². The zero-order valence-electron chi connectivity index (χ0n) is 10.5. The van der Waals surface area contributed by atoms with Crippen LogP contribution >= 0.6 is 0 Å². The predicted octanol–water partition coefficient (Wildman–Crippen LogP) is 1.55. The molecule has 9 nitrogen and oxygen atoms in total. The summed E-state index contributed by atoms with van der Waals surface area (Å²) in [5, 5.41) is 10.5. The van der Waals surface area contributed by atoms with Gasteiger partial charge >= 0.3 is 12.0 Å². The monoisotopic (exact) mass is 277 g/mol. The topological polar surface area (TPSA) is 126 Å². The second-order valence-corrected chi connectivity index (χ2v) is 3.54. The molecule has 0 aliphatic carbocycles. The molecule has 2 rings (SSSR count). The first-order valence-electron chi connectivity index (χ1n) is 5.65. The van der Waals surface area contributed by atoms with Gasteiger partial charge in [-0.05, 0) is 19.1 Å². The molecule has 0 fully saturated rings. The van der Waals surface area contributed by atoms with E-state index in [9.17, 15) is 10.1 Å². The van der Waals surface area contributed by atoms with Gasteiger partial charge in [-0.25, -0.2) is 0 Å².